The van der Waals surface area contributed by atoms with Gasteiger partial charge in [-0.15, -0.1) is 0 Å². The van der Waals surface area contributed by atoms with Crippen LogP contribution in [-0.2, 0) is 11.2 Å². The fourth-order valence-electron chi connectivity index (χ4n) is 4.88. The number of aliphatic hydroxyl groups excluding tert-OH is 1. The number of para-hydroxylation sites is 1. The third kappa shape index (κ3) is 5.25. The fourth-order valence-corrected chi connectivity index (χ4v) is 4.88. The number of carbonyl (C=O) groups is 2. The Morgan fingerprint density at radius 3 is 2.51 bits per heavy atom. The summed E-state index contributed by atoms with van der Waals surface area (Å²) in [5, 5.41) is 11.8. The highest BCUT2D eigenvalue weighted by Crippen LogP contribution is 2.42. The third-order valence-electron chi connectivity index (χ3n) is 6.94. The molecule has 0 bridgehead atoms. The minimum atomic E-state index is -0.833. The number of unbranched alkanes of at least 4 members (excludes halogenated alkanes) is 1. The number of ketones is 1. The molecule has 2 heterocycles. The lowest BCUT2D eigenvalue weighted by Crippen LogP contribution is -2.33. The average molecular weight is 526 g/mol. The van der Waals surface area contributed by atoms with E-state index in [4.69, 9.17) is 13.9 Å². The fraction of sp³-hybridized carbons (Fsp3) is 0.250. The molecule has 7 nitrogen and oxygen atoms in total. The summed E-state index contributed by atoms with van der Waals surface area (Å²) in [4.78, 5) is 28.8. The number of methoxy groups -OCH3 is 1. The molecule has 5 rings (SSSR count). The number of hydrogen-bond donors (Lipinski definition) is 1. The van der Waals surface area contributed by atoms with Crippen molar-refractivity contribution in [2.45, 2.75) is 32.2 Å². The zero-order valence-electron chi connectivity index (χ0n) is 22.1. The molecular formula is C32H31NO6. The molecule has 0 saturated heterocycles. The number of fused-ring (bicyclic) bond motifs is 1. The lowest BCUT2D eigenvalue weighted by molar-refractivity contribution is -0.129. The summed E-state index contributed by atoms with van der Waals surface area (Å²) in [6, 6.07) is 23.2. The van der Waals surface area contributed by atoms with E-state index >= 15 is 0 Å². The number of hydrogen-bond acceptors (Lipinski definition) is 6. The molecule has 1 amide bonds. The highest BCUT2D eigenvalue weighted by Gasteiger charge is 2.44. The van der Waals surface area contributed by atoms with E-state index < -0.39 is 23.5 Å². The first kappa shape index (κ1) is 26.1. The number of carbonyl (C=O) groups excluding carboxylic acids is 2. The van der Waals surface area contributed by atoms with Crippen molar-refractivity contribution in [3.8, 4) is 11.5 Å². The van der Waals surface area contributed by atoms with Crippen molar-refractivity contribution in [1.29, 1.82) is 0 Å². The summed E-state index contributed by atoms with van der Waals surface area (Å²) in [6.45, 7) is 2.93. The van der Waals surface area contributed by atoms with Gasteiger partial charge in [0, 0.05) is 11.9 Å². The van der Waals surface area contributed by atoms with E-state index in [0.29, 0.717) is 42.2 Å². The van der Waals surface area contributed by atoms with Crippen molar-refractivity contribution >= 4 is 22.7 Å². The average Bonchev–Trinajstić information content (AvgIpc) is 3.51. The molecule has 4 aromatic rings. The van der Waals surface area contributed by atoms with E-state index in [9.17, 15) is 14.7 Å². The number of benzene rings is 3. The minimum absolute atomic E-state index is 0.0196. The monoisotopic (exact) mass is 525 g/mol. The SMILES string of the molecule is CCCCOc1ccc(C2C(C(=O)c3cc4ccccc4o3)=C(O)C(=O)N2CCc2ccccc2)cc1OC. The highest BCUT2D eigenvalue weighted by molar-refractivity contribution is 6.16. The van der Waals surface area contributed by atoms with E-state index in [0.717, 1.165) is 23.8 Å². The van der Waals surface area contributed by atoms with Gasteiger partial charge in [0.1, 0.15) is 5.58 Å². The van der Waals surface area contributed by atoms with Gasteiger partial charge in [-0.25, -0.2) is 0 Å². The molecule has 7 heteroatoms. The second-order valence-electron chi connectivity index (χ2n) is 9.49. The molecule has 1 aliphatic rings. The summed E-state index contributed by atoms with van der Waals surface area (Å²) in [7, 11) is 1.55. The van der Waals surface area contributed by atoms with Crippen molar-refractivity contribution in [2.75, 3.05) is 20.3 Å². The van der Waals surface area contributed by atoms with E-state index in [1.54, 1.807) is 31.4 Å². The lowest BCUT2D eigenvalue weighted by Gasteiger charge is -2.27. The second-order valence-corrected chi connectivity index (χ2v) is 9.49. The Bertz CT molecular complexity index is 1490. The van der Waals surface area contributed by atoms with Crippen LogP contribution in [0, 0.1) is 0 Å². The molecule has 3 aromatic carbocycles. The molecule has 1 aliphatic heterocycles. The van der Waals surface area contributed by atoms with Crippen LogP contribution in [0.15, 0.2) is 94.6 Å². The van der Waals surface area contributed by atoms with Gasteiger partial charge >= 0.3 is 0 Å². The number of rotatable bonds is 11. The standard InChI is InChI=1S/C32H31NO6/c1-3-4-18-38-25-15-14-23(20-26(25)37-2)29-28(30(34)27-19-22-12-8-9-13-24(22)39-27)31(35)32(36)33(29)17-16-21-10-6-5-7-11-21/h5-15,19-20,29,35H,3-4,16-18H2,1-2H3. The van der Waals surface area contributed by atoms with Crippen molar-refractivity contribution in [2.24, 2.45) is 0 Å². The van der Waals surface area contributed by atoms with Crippen LogP contribution < -0.4 is 9.47 Å². The molecule has 1 N–H and O–H groups in total. The number of ether oxygens (including phenoxy) is 2. The van der Waals surface area contributed by atoms with Gasteiger partial charge in [-0.1, -0.05) is 67.9 Å². The van der Waals surface area contributed by atoms with E-state index in [2.05, 4.69) is 6.92 Å². The van der Waals surface area contributed by atoms with Gasteiger partial charge in [0.15, 0.2) is 23.0 Å². The van der Waals surface area contributed by atoms with Crippen LogP contribution in [-0.4, -0.2) is 42.0 Å². The predicted molar refractivity (Wildman–Crippen MR) is 148 cm³/mol. The number of Topliss-reactive ketones (excluding diaryl/α,β-unsaturated/α-hetero) is 1. The van der Waals surface area contributed by atoms with Gasteiger partial charge in [-0.3, -0.25) is 9.59 Å². The largest absolute Gasteiger partial charge is 0.503 e. The smallest absolute Gasteiger partial charge is 0.290 e. The van der Waals surface area contributed by atoms with Crippen molar-refractivity contribution < 1.29 is 28.6 Å². The van der Waals surface area contributed by atoms with E-state index in [-0.39, 0.29) is 11.3 Å². The molecule has 0 aliphatic carbocycles. The summed E-state index contributed by atoms with van der Waals surface area (Å²) in [6.07, 6.45) is 2.46. The molecule has 0 fully saturated rings. The summed E-state index contributed by atoms with van der Waals surface area (Å²) in [5.41, 5.74) is 2.20. The van der Waals surface area contributed by atoms with Crippen LogP contribution in [0.2, 0.25) is 0 Å². The second kappa shape index (κ2) is 11.5. The molecule has 39 heavy (non-hydrogen) atoms. The normalized spacial score (nSPS) is 15.3. The number of nitrogens with zero attached hydrogens (tertiary/aromatic N) is 1. The van der Waals surface area contributed by atoms with Crippen LogP contribution in [0.1, 0.15) is 47.5 Å². The topological polar surface area (TPSA) is 89.2 Å². The van der Waals surface area contributed by atoms with Gasteiger partial charge in [-0.2, -0.15) is 0 Å². The Labute approximate surface area is 227 Å². The quantitative estimate of drug-likeness (QED) is 0.179. The number of aliphatic hydroxyl groups is 1. The summed E-state index contributed by atoms with van der Waals surface area (Å²) >= 11 is 0. The zero-order valence-corrected chi connectivity index (χ0v) is 22.1. The van der Waals surface area contributed by atoms with Crippen LogP contribution >= 0.6 is 0 Å². The molecule has 1 unspecified atom stereocenters. The lowest BCUT2D eigenvalue weighted by atomic mass is 9.94. The van der Waals surface area contributed by atoms with Gasteiger partial charge in [0.25, 0.3) is 5.91 Å². The predicted octanol–water partition coefficient (Wildman–Crippen LogP) is 6.44. The Morgan fingerprint density at radius 2 is 1.77 bits per heavy atom. The number of furan rings is 1. The van der Waals surface area contributed by atoms with Gasteiger partial charge in [0.2, 0.25) is 5.78 Å². The first-order valence-corrected chi connectivity index (χ1v) is 13.1. The molecule has 0 saturated carbocycles. The van der Waals surface area contributed by atoms with E-state index in [1.807, 2.05) is 54.6 Å². The molecule has 0 radical (unpaired) electrons. The van der Waals surface area contributed by atoms with Gasteiger partial charge in [0.05, 0.1) is 25.3 Å². The molecule has 200 valence electrons. The van der Waals surface area contributed by atoms with Crippen molar-refractivity contribution in [3.63, 3.8) is 0 Å². The Morgan fingerprint density at radius 1 is 1.00 bits per heavy atom. The van der Waals surface area contributed by atoms with E-state index in [1.165, 1.54) is 4.90 Å². The zero-order chi connectivity index (χ0) is 27.4. The Balaban J connectivity index is 1.54. The first-order valence-electron chi connectivity index (χ1n) is 13.1. The Kier molecular flexibility index (Phi) is 7.68. The summed E-state index contributed by atoms with van der Waals surface area (Å²) in [5.74, 6) is -0.578. The molecule has 1 aromatic heterocycles. The van der Waals surface area contributed by atoms with Crippen molar-refractivity contribution in [1.82, 2.24) is 4.90 Å². The molecule has 0 spiro atoms. The molecule has 1 atom stereocenters. The Hall–Kier alpha value is -4.52. The van der Waals surface area contributed by atoms with Crippen LogP contribution in [0.5, 0.6) is 11.5 Å². The van der Waals surface area contributed by atoms with Crippen LogP contribution in [0.3, 0.4) is 0 Å². The maximum atomic E-state index is 13.8. The van der Waals surface area contributed by atoms with Crippen molar-refractivity contribution in [3.05, 3.63) is 107 Å². The van der Waals surface area contributed by atoms with Gasteiger partial charge in [-0.05, 0) is 48.2 Å². The highest BCUT2D eigenvalue weighted by atomic mass is 16.5. The minimum Gasteiger partial charge on any atom is -0.503 e. The number of amides is 1. The maximum Gasteiger partial charge on any atom is 0.290 e. The van der Waals surface area contributed by atoms with Crippen LogP contribution in [0.4, 0.5) is 0 Å². The third-order valence-corrected chi connectivity index (χ3v) is 6.94. The molecular weight excluding hydrogens is 494 g/mol. The summed E-state index contributed by atoms with van der Waals surface area (Å²) < 4.78 is 17.3. The van der Waals surface area contributed by atoms with Gasteiger partial charge < -0.3 is 23.9 Å². The first-order chi connectivity index (χ1) is 19.0. The maximum absolute atomic E-state index is 13.8. The van der Waals surface area contributed by atoms with Crippen LogP contribution in [0.25, 0.3) is 11.0 Å².